The van der Waals surface area contributed by atoms with Gasteiger partial charge in [-0.2, -0.15) is 17.5 Å². The summed E-state index contributed by atoms with van der Waals surface area (Å²) >= 11 is -0.826. The minimum Gasteiger partial charge on any atom is -0.168 e. The molecule has 0 bridgehead atoms. The van der Waals surface area contributed by atoms with Crippen LogP contribution in [0.4, 0.5) is 0 Å². The SMILES string of the molecule is CC(C)(C)[NH-].CCO[Si](C)O[Si](C)(C)C.[Cl][Zr+2][Cl].c1ccc2[cH-]ccc2c1. The van der Waals surface area contributed by atoms with Gasteiger partial charge < -0.3 is 14.3 Å². The van der Waals surface area contributed by atoms with Crippen molar-refractivity contribution in [3.8, 4) is 0 Å². The van der Waals surface area contributed by atoms with E-state index in [-0.39, 0.29) is 5.54 Å². The van der Waals surface area contributed by atoms with Crippen LogP contribution in [0.3, 0.4) is 0 Å². The summed E-state index contributed by atoms with van der Waals surface area (Å²) in [5.41, 5.74) is 6.69. The smallest absolute Gasteiger partial charge is 0.0809 e. The van der Waals surface area contributed by atoms with Gasteiger partial charge in [-0.05, 0) is 33.1 Å². The third-order valence-corrected chi connectivity index (χ3v) is 6.64. The first-order valence-electron chi connectivity index (χ1n) is 8.81. The molecule has 8 heteroatoms. The molecule has 0 heterocycles. The van der Waals surface area contributed by atoms with E-state index in [1.165, 1.54) is 10.8 Å². The quantitative estimate of drug-likeness (QED) is 0.302. The number of rotatable bonds is 4. The van der Waals surface area contributed by atoms with E-state index in [1.54, 1.807) is 0 Å². The summed E-state index contributed by atoms with van der Waals surface area (Å²) in [6.07, 6.45) is 0. The van der Waals surface area contributed by atoms with Crippen molar-refractivity contribution in [2.45, 2.75) is 59.4 Å². The largest absolute Gasteiger partial charge is 0.168 e. The minimum atomic E-state index is -1.34. The van der Waals surface area contributed by atoms with Crippen molar-refractivity contribution in [1.82, 2.24) is 0 Å². The summed E-state index contributed by atoms with van der Waals surface area (Å²) in [5.74, 6) is 0. The minimum absolute atomic E-state index is 0.250. The molecule has 0 atom stereocenters. The number of nitrogens with one attached hydrogen (secondary N) is 1. The maximum absolute atomic E-state index is 6.94. The maximum Gasteiger partial charge on any atom is -0.0809 e. The Morgan fingerprint density at radius 3 is 2.04 bits per heavy atom. The van der Waals surface area contributed by atoms with E-state index in [4.69, 9.17) is 31.3 Å². The Labute approximate surface area is 187 Å². The van der Waals surface area contributed by atoms with E-state index < -0.39 is 38.4 Å². The Hall–Kier alpha value is 0.607. The second-order valence-corrected chi connectivity index (χ2v) is 17.7. The first-order valence-corrected chi connectivity index (χ1v) is 20.4. The van der Waals surface area contributed by atoms with Crippen molar-refractivity contribution < 1.29 is 29.4 Å². The summed E-state index contributed by atoms with van der Waals surface area (Å²) in [4.78, 5) is 0. The monoisotopic (exact) mass is 524 g/mol. The summed E-state index contributed by atoms with van der Waals surface area (Å²) in [5, 5.41) is 2.66. The van der Waals surface area contributed by atoms with Crippen LogP contribution < -0.4 is 0 Å². The molecular formula is C19H34Cl2NO2Si2Zr. The van der Waals surface area contributed by atoms with Crippen molar-refractivity contribution in [1.29, 1.82) is 0 Å². The van der Waals surface area contributed by atoms with Crippen molar-refractivity contribution in [2.75, 3.05) is 6.61 Å². The molecule has 2 aromatic carbocycles. The first-order chi connectivity index (χ1) is 12.3. The van der Waals surface area contributed by atoms with E-state index in [1.807, 2.05) is 34.2 Å². The van der Waals surface area contributed by atoms with Crippen LogP contribution in [0.15, 0.2) is 42.5 Å². The number of hydrogen-bond acceptors (Lipinski definition) is 2. The van der Waals surface area contributed by atoms with Crippen molar-refractivity contribution in [2.24, 2.45) is 0 Å². The van der Waals surface area contributed by atoms with Gasteiger partial charge in [0, 0.05) is 6.61 Å². The van der Waals surface area contributed by atoms with Crippen LogP contribution in [0.25, 0.3) is 16.5 Å². The molecule has 0 saturated carbocycles. The Kier molecular flexibility index (Phi) is 18.1. The fraction of sp³-hybridized carbons (Fsp3) is 0.526. The van der Waals surface area contributed by atoms with Gasteiger partial charge in [0.05, 0.1) is 0 Å². The molecule has 0 aliphatic heterocycles. The van der Waals surface area contributed by atoms with Crippen molar-refractivity contribution >= 4 is 45.4 Å². The van der Waals surface area contributed by atoms with E-state index in [0.29, 0.717) is 0 Å². The van der Waals surface area contributed by atoms with E-state index in [2.05, 4.69) is 62.1 Å². The molecular weight excluding hydrogens is 493 g/mol. The molecule has 0 spiro atoms. The fourth-order valence-corrected chi connectivity index (χ4v) is 5.83. The van der Waals surface area contributed by atoms with Crippen LogP contribution >= 0.6 is 17.0 Å². The Morgan fingerprint density at radius 2 is 1.63 bits per heavy atom. The van der Waals surface area contributed by atoms with Crippen molar-refractivity contribution in [3.05, 3.63) is 48.2 Å². The predicted octanol–water partition coefficient (Wildman–Crippen LogP) is 7.76. The van der Waals surface area contributed by atoms with E-state index >= 15 is 0 Å². The van der Waals surface area contributed by atoms with Gasteiger partial charge in [-0.3, -0.25) is 0 Å². The standard InChI is InChI=1S/C9H7.C6H17O2Si2.C4H10N.2ClH.Zr/c1-2-5-9-7-3-6-8(9)4-1;1-6-7-9(2)8-10(3,4)5;1-4(2,3)5;;;/h1-7H;6H2,1-5H3;5H,1-3H3;2*1H;/q-1;;-1;;;+4/p-2. The average molecular weight is 527 g/mol. The third-order valence-electron chi connectivity index (χ3n) is 2.35. The molecule has 0 aliphatic rings. The molecule has 0 saturated heterocycles. The summed E-state index contributed by atoms with van der Waals surface area (Å²) in [6.45, 7) is 16.9. The molecule has 2 rings (SSSR count). The maximum atomic E-state index is 6.94. The third kappa shape index (κ3) is 24.6. The average Bonchev–Trinajstić information content (AvgIpc) is 2.93. The van der Waals surface area contributed by atoms with E-state index in [9.17, 15) is 0 Å². The second kappa shape index (κ2) is 16.4. The predicted molar refractivity (Wildman–Crippen MR) is 123 cm³/mol. The number of halogens is 2. The number of hydrogen-bond donors (Lipinski definition) is 0. The van der Waals surface area contributed by atoms with Gasteiger partial charge in [0.2, 0.25) is 0 Å². The molecule has 1 N–H and O–H groups in total. The zero-order chi connectivity index (χ0) is 21.5. The topological polar surface area (TPSA) is 42.3 Å². The van der Waals surface area contributed by atoms with Gasteiger partial charge in [-0.25, -0.2) is 0 Å². The van der Waals surface area contributed by atoms with Crippen LogP contribution in [0, 0.1) is 0 Å². The molecule has 0 unspecified atom stereocenters. The molecule has 2 aromatic rings. The Bertz CT molecular complexity index is 551. The fourth-order valence-electron chi connectivity index (χ4n) is 1.73. The normalized spacial score (nSPS) is 10.7. The first kappa shape index (κ1) is 29.8. The summed E-state index contributed by atoms with van der Waals surface area (Å²) < 4.78 is 11.0. The summed E-state index contributed by atoms with van der Waals surface area (Å²) in [6, 6.07) is 14.7. The van der Waals surface area contributed by atoms with Gasteiger partial charge in [0.1, 0.15) is 0 Å². The van der Waals surface area contributed by atoms with Crippen LogP contribution in [-0.4, -0.2) is 29.7 Å². The molecule has 0 aromatic heterocycles. The van der Waals surface area contributed by atoms with Gasteiger partial charge in [0.25, 0.3) is 0 Å². The second-order valence-electron chi connectivity index (χ2n) is 7.62. The van der Waals surface area contributed by atoms with Gasteiger partial charge in [-0.1, -0.05) is 26.8 Å². The Morgan fingerprint density at radius 1 is 1.15 bits per heavy atom. The zero-order valence-electron chi connectivity index (χ0n) is 17.8. The molecule has 27 heavy (non-hydrogen) atoms. The summed E-state index contributed by atoms with van der Waals surface area (Å²) in [7, 11) is 7.59. The molecule has 1 radical (unpaired) electrons. The molecule has 0 aliphatic carbocycles. The zero-order valence-corrected chi connectivity index (χ0v) is 23.8. The molecule has 0 fully saturated rings. The molecule has 3 nitrogen and oxygen atoms in total. The van der Waals surface area contributed by atoms with Gasteiger partial charge in [0.15, 0.2) is 8.32 Å². The molecule has 0 amide bonds. The molecule has 153 valence electrons. The van der Waals surface area contributed by atoms with Crippen LogP contribution in [0.2, 0.25) is 26.2 Å². The number of benzene rings is 1. The number of fused-ring (bicyclic) bond motifs is 1. The van der Waals surface area contributed by atoms with Crippen LogP contribution in [0.5, 0.6) is 0 Å². The van der Waals surface area contributed by atoms with E-state index in [0.717, 1.165) is 6.61 Å². The van der Waals surface area contributed by atoms with Crippen LogP contribution in [-0.2, 0) is 29.4 Å². The van der Waals surface area contributed by atoms with Gasteiger partial charge >= 0.3 is 47.2 Å². The van der Waals surface area contributed by atoms with Crippen molar-refractivity contribution in [3.63, 3.8) is 0 Å². The van der Waals surface area contributed by atoms with Gasteiger partial charge in [-0.15, -0.1) is 35.2 Å². The van der Waals surface area contributed by atoms with Crippen LogP contribution in [0.1, 0.15) is 27.7 Å². The Balaban J connectivity index is 0.